The van der Waals surface area contributed by atoms with Crippen molar-refractivity contribution in [2.45, 2.75) is 26.8 Å². The van der Waals surface area contributed by atoms with Gasteiger partial charge in [0.25, 0.3) is 0 Å². The summed E-state index contributed by atoms with van der Waals surface area (Å²) >= 11 is 0. The summed E-state index contributed by atoms with van der Waals surface area (Å²) in [5.74, 6) is 0.706. The van der Waals surface area contributed by atoms with E-state index in [1.165, 1.54) is 6.92 Å². The second kappa shape index (κ2) is 10.6. The smallest absolute Gasteiger partial charge is 0.221 e. The van der Waals surface area contributed by atoms with E-state index in [2.05, 4.69) is 20.9 Å². The van der Waals surface area contributed by atoms with Crippen LogP contribution in [-0.4, -0.2) is 38.7 Å². The van der Waals surface area contributed by atoms with Crippen LogP contribution in [0.3, 0.4) is 0 Å². The Morgan fingerprint density at radius 2 is 2.14 bits per heavy atom. The molecule has 0 aromatic heterocycles. The standard InChI is InChI=1S/C16H26N4O2/c1-4-17-16(18-9-6-10-22-3)19-12-14-7-5-8-15(11-14)20-13(2)21/h5,7-8,11H,4,6,9-10,12H2,1-3H3,(H,20,21)(H2,17,18,19). The van der Waals surface area contributed by atoms with E-state index >= 15 is 0 Å². The molecule has 0 aliphatic carbocycles. The summed E-state index contributed by atoms with van der Waals surface area (Å²) < 4.78 is 5.02. The fourth-order valence-corrected chi connectivity index (χ4v) is 1.89. The number of carbonyl (C=O) groups excluding carboxylic acids is 1. The number of aliphatic imine (C=N–C) groups is 1. The molecule has 122 valence electrons. The molecule has 6 heteroatoms. The van der Waals surface area contributed by atoms with E-state index in [4.69, 9.17) is 4.74 Å². The zero-order valence-corrected chi connectivity index (χ0v) is 13.6. The fraction of sp³-hybridized carbons (Fsp3) is 0.500. The Morgan fingerprint density at radius 3 is 2.82 bits per heavy atom. The van der Waals surface area contributed by atoms with E-state index in [9.17, 15) is 4.79 Å². The van der Waals surface area contributed by atoms with E-state index in [-0.39, 0.29) is 5.91 Å². The molecule has 0 aliphatic heterocycles. The molecule has 0 atom stereocenters. The molecule has 0 saturated heterocycles. The largest absolute Gasteiger partial charge is 0.385 e. The van der Waals surface area contributed by atoms with Crippen molar-refractivity contribution in [2.75, 3.05) is 32.1 Å². The zero-order valence-electron chi connectivity index (χ0n) is 13.6. The number of benzene rings is 1. The summed E-state index contributed by atoms with van der Waals surface area (Å²) in [4.78, 5) is 15.6. The van der Waals surface area contributed by atoms with Gasteiger partial charge in [-0.25, -0.2) is 4.99 Å². The van der Waals surface area contributed by atoms with Crippen LogP contribution in [0.15, 0.2) is 29.3 Å². The van der Waals surface area contributed by atoms with Crippen LogP contribution < -0.4 is 16.0 Å². The van der Waals surface area contributed by atoms with Crippen LogP contribution in [0.25, 0.3) is 0 Å². The van der Waals surface area contributed by atoms with Gasteiger partial charge in [0, 0.05) is 39.4 Å². The molecule has 3 N–H and O–H groups in total. The van der Waals surface area contributed by atoms with Gasteiger partial charge in [0.15, 0.2) is 5.96 Å². The Labute approximate surface area is 132 Å². The van der Waals surface area contributed by atoms with Gasteiger partial charge in [-0.3, -0.25) is 4.79 Å². The molecule has 1 aromatic carbocycles. The number of amides is 1. The van der Waals surface area contributed by atoms with Crippen LogP contribution >= 0.6 is 0 Å². The molecule has 1 rings (SSSR count). The number of hydrogen-bond acceptors (Lipinski definition) is 3. The maximum absolute atomic E-state index is 11.1. The van der Waals surface area contributed by atoms with Crippen molar-refractivity contribution in [3.8, 4) is 0 Å². The number of anilines is 1. The molecule has 6 nitrogen and oxygen atoms in total. The molecule has 0 spiro atoms. The van der Waals surface area contributed by atoms with Crippen LogP contribution in [0.1, 0.15) is 25.8 Å². The Hall–Kier alpha value is -2.08. The van der Waals surface area contributed by atoms with Crippen molar-refractivity contribution in [3.05, 3.63) is 29.8 Å². The highest BCUT2D eigenvalue weighted by atomic mass is 16.5. The summed E-state index contributed by atoms with van der Waals surface area (Å²) in [6.07, 6.45) is 0.929. The van der Waals surface area contributed by atoms with Crippen LogP contribution in [0, 0.1) is 0 Å². The van der Waals surface area contributed by atoms with Crippen molar-refractivity contribution in [1.82, 2.24) is 10.6 Å². The average Bonchev–Trinajstić information content (AvgIpc) is 2.49. The number of nitrogens with zero attached hydrogens (tertiary/aromatic N) is 1. The molecule has 0 heterocycles. The second-order valence-electron chi connectivity index (χ2n) is 4.85. The molecular formula is C16H26N4O2. The van der Waals surface area contributed by atoms with Gasteiger partial charge in [0.2, 0.25) is 5.91 Å². The van der Waals surface area contributed by atoms with E-state index < -0.39 is 0 Å². The van der Waals surface area contributed by atoms with E-state index in [1.807, 2.05) is 31.2 Å². The molecular weight excluding hydrogens is 280 g/mol. The highest BCUT2D eigenvalue weighted by Gasteiger charge is 2.00. The van der Waals surface area contributed by atoms with Gasteiger partial charge in [-0.2, -0.15) is 0 Å². The summed E-state index contributed by atoms with van der Waals surface area (Å²) in [6.45, 7) is 6.42. The predicted octanol–water partition coefficient (Wildman–Crippen LogP) is 1.74. The maximum Gasteiger partial charge on any atom is 0.221 e. The quantitative estimate of drug-likeness (QED) is 0.388. The highest BCUT2D eigenvalue weighted by Crippen LogP contribution is 2.11. The maximum atomic E-state index is 11.1. The number of guanidine groups is 1. The Morgan fingerprint density at radius 1 is 1.32 bits per heavy atom. The number of methoxy groups -OCH3 is 1. The summed E-state index contributed by atoms with van der Waals surface area (Å²) in [5, 5.41) is 9.24. The molecule has 22 heavy (non-hydrogen) atoms. The van der Waals surface area contributed by atoms with E-state index in [0.717, 1.165) is 43.3 Å². The van der Waals surface area contributed by atoms with Gasteiger partial charge in [0.1, 0.15) is 0 Å². The van der Waals surface area contributed by atoms with Gasteiger partial charge in [-0.05, 0) is 31.0 Å². The predicted molar refractivity (Wildman–Crippen MR) is 90.1 cm³/mol. The Bertz CT molecular complexity index is 489. The number of carbonyl (C=O) groups is 1. The van der Waals surface area contributed by atoms with Gasteiger partial charge in [-0.1, -0.05) is 12.1 Å². The van der Waals surface area contributed by atoms with Crippen LogP contribution in [0.5, 0.6) is 0 Å². The molecule has 0 bridgehead atoms. The van der Waals surface area contributed by atoms with Gasteiger partial charge < -0.3 is 20.7 Å². The minimum atomic E-state index is -0.0752. The van der Waals surface area contributed by atoms with Crippen LogP contribution in [0.2, 0.25) is 0 Å². The topological polar surface area (TPSA) is 74.8 Å². The monoisotopic (exact) mass is 306 g/mol. The zero-order chi connectivity index (χ0) is 16.2. The normalized spacial score (nSPS) is 11.1. The minimum absolute atomic E-state index is 0.0752. The third-order valence-electron chi connectivity index (χ3n) is 2.83. The first kappa shape index (κ1) is 18.0. The average molecular weight is 306 g/mol. The third-order valence-corrected chi connectivity index (χ3v) is 2.83. The van der Waals surface area contributed by atoms with E-state index in [1.54, 1.807) is 7.11 Å². The van der Waals surface area contributed by atoms with Crippen LogP contribution in [-0.2, 0) is 16.1 Å². The number of ether oxygens (including phenoxy) is 1. The molecule has 0 aliphatic rings. The molecule has 0 radical (unpaired) electrons. The molecule has 0 unspecified atom stereocenters. The summed E-state index contributed by atoms with van der Waals surface area (Å²) in [6, 6.07) is 7.70. The molecule has 0 saturated carbocycles. The first-order valence-corrected chi connectivity index (χ1v) is 7.53. The lowest BCUT2D eigenvalue weighted by atomic mass is 10.2. The Balaban J connectivity index is 2.58. The van der Waals surface area contributed by atoms with Crippen molar-refractivity contribution in [3.63, 3.8) is 0 Å². The number of rotatable bonds is 8. The van der Waals surface area contributed by atoms with Crippen LogP contribution in [0.4, 0.5) is 5.69 Å². The lowest BCUT2D eigenvalue weighted by molar-refractivity contribution is -0.114. The van der Waals surface area contributed by atoms with Gasteiger partial charge >= 0.3 is 0 Å². The molecule has 1 aromatic rings. The molecule has 0 fully saturated rings. The molecule has 1 amide bonds. The lowest BCUT2D eigenvalue weighted by Crippen LogP contribution is -2.38. The Kier molecular flexibility index (Phi) is 8.67. The fourth-order valence-electron chi connectivity index (χ4n) is 1.89. The van der Waals surface area contributed by atoms with Gasteiger partial charge in [0.05, 0.1) is 6.54 Å². The highest BCUT2D eigenvalue weighted by molar-refractivity contribution is 5.88. The van der Waals surface area contributed by atoms with Crippen molar-refractivity contribution < 1.29 is 9.53 Å². The SMILES string of the molecule is CCNC(=NCc1cccc(NC(C)=O)c1)NCCCOC. The van der Waals surface area contributed by atoms with Crippen molar-refractivity contribution in [2.24, 2.45) is 4.99 Å². The lowest BCUT2D eigenvalue weighted by Gasteiger charge is -2.11. The number of hydrogen-bond donors (Lipinski definition) is 3. The van der Waals surface area contributed by atoms with Crippen molar-refractivity contribution >= 4 is 17.6 Å². The first-order valence-electron chi connectivity index (χ1n) is 7.53. The second-order valence-corrected chi connectivity index (χ2v) is 4.85. The summed E-state index contributed by atoms with van der Waals surface area (Å²) in [7, 11) is 1.70. The minimum Gasteiger partial charge on any atom is -0.385 e. The van der Waals surface area contributed by atoms with Gasteiger partial charge in [-0.15, -0.1) is 0 Å². The third kappa shape index (κ3) is 7.64. The summed E-state index contributed by atoms with van der Waals surface area (Å²) in [5.41, 5.74) is 1.83. The van der Waals surface area contributed by atoms with E-state index in [0.29, 0.717) is 6.54 Å². The van der Waals surface area contributed by atoms with Crippen molar-refractivity contribution in [1.29, 1.82) is 0 Å². The number of nitrogens with one attached hydrogen (secondary N) is 3. The first-order chi connectivity index (χ1) is 10.7.